The smallest absolute Gasteiger partial charge is 0.270 e. The van der Waals surface area contributed by atoms with Gasteiger partial charge >= 0.3 is 0 Å². The van der Waals surface area contributed by atoms with E-state index in [1.807, 2.05) is 19.4 Å². The molecule has 2 aromatic rings. The minimum absolute atomic E-state index is 0.121. The fraction of sp³-hybridized carbons (Fsp3) is 0.571. The maximum Gasteiger partial charge on any atom is 0.270 e. The van der Waals surface area contributed by atoms with Crippen LogP contribution in [0.1, 0.15) is 31.0 Å². The number of rotatable bonds is 3. The van der Waals surface area contributed by atoms with E-state index >= 15 is 0 Å². The van der Waals surface area contributed by atoms with Gasteiger partial charge in [-0.2, -0.15) is 9.40 Å². The topological polar surface area (TPSA) is 68.1 Å². The molecule has 3 rings (SSSR count). The second-order valence-electron chi connectivity index (χ2n) is 6.62. The zero-order chi connectivity index (χ0) is 17.0. The van der Waals surface area contributed by atoms with Crippen molar-refractivity contribution >= 4 is 37.3 Å². The van der Waals surface area contributed by atoms with Crippen LogP contribution >= 0.6 is 27.3 Å². The lowest BCUT2D eigenvalue weighted by Gasteiger charge is -2.24. The van der Waals surface area contributed by atoms with Crippen LogP contribution in [-0.4, -0.2) is 40.6 Å². The molecule has 23 heavy (non-hydrogen) atoms. The van der Waals surface area contributed by atoms with Crippen molar-refractivity contribution in [3.63, 3.8) is 0 Å². The van der Waals surface area contributed by atoms with Crippen molar-refractivity contribution in [2.24, 2.45) is 12.5 Å². The van der Waals surface area contributed by atoms with Crippen molar-refractivity contribution in [3.05, 3.63) is 27.4 Å². The minimum Gasteiger partial charge on any atom is -0.276 e. The molecule has 0 amide bonds. The summed E-state index contributed by atoms with van der Waals surface area (Å²) in [5.74, 6) is 0.121. The Morgan fingerprint density at radius 2 is 2.13 bits per heavy atom. The summed E-state index contributed by atoms with van der Waals surface area (Å²) in [5.41, 5.74) is 1.63. The van der Waals surface area contributed by atoms with Crippen LogP contribution in [0.2, 0.25) is 0 Å². The highest BCUT2D eigenvalue weighted by Gasteiger charge is 2.46. The summed E-state index contributed by atoms with van der Waals surface area (Å²) in [5, 5.41) is 4.22. The van der Waals surface area contributed by atoms with Gasteiger partial charge in [0.05, 0.1) is 15.7 Å². The third-order valence-corrected chi connectivity index (χ3v) is 8.49. The van der Waals surface area contributed by atoms with Gasteiger partial charge in [-0.1, -0.05) is 25.2 Å². The first kappa shape index (κ1) is 17.1. The Morgan fingerprint density at radius 3 is 2.65 bits per heavy atom. The maximum absolute atomic E-state index is 12.9. The van der Waals surface area contributed by atoms with Crippen LogP contribution in [0.25, 0.3) is 0 Å². The zero-order valence-electron chi connectivity index (χ0n) is 13.4. The predicted molar refractivity (Wildman–Crippen MR) is 93.0 cm³/mol. The van der Waals surface area contributed by atoms with E-state index in [4.69, 9.17) is 0 Å². The largest absolute Gasteiger partial charge is 0.276 e. The molecule has 1 aliphatic heterocycles. The van der Waals surface area contributed by atoms with Gasteiger partial charge < -0.3 is 0 Å². The number of thiazole rings is 1. The lowest BCUT2D eigenvalue weighted by molar-refractivity contribution is 0.347. The lowest BCUT2D eigenvalue weighted by Crippen LogP contribution is -2.30. The molecular formula is C14H19BrN4O2S2. The highest BCUT2D eigenvalue weighted by Crippen LogP contribution is 2.44. The van der Waals surface area contributed by atoms with Gasteiger partial charge in [-0.15, -0.1) is 0 Å². The molecule has 0 aliphatic carbocycles. The van der Waals surface area contributed by atoms with Gasteiger partial charge in [-0.05, 0) is 33.8 Å². The van der Waals surface area contributed by atoms with Gasteiger partial charge in [0.15, 0.2) is 0 Å². The number of hydrogen-bond acceptors (Lipinski definition) is 5. The number of aromatic nitrogens is 3. The Hall–Kier alpha value is -0.770. The van der Waals surface area contributed by atoms with Gasteiger partial charge in [0, 0.05) is 32.3 Å². The SMILES string of the molecule is Cc1nc(S(=O)(=O)N2CC(c3cnn(C)c3)C(C)(C)C2)sc1Br. The van der Waals surface area contributed by atoms with Crippen LogP contribution in [0.4, 0.5) is 0 Å². The van der Waals surface area contributed by atoms with Crippen LogP contribution in [0.15, 0.2) is 20.5 Å². The summed E-state index contributed by atoms with van der Waals surface area (Å²) >= 11 is 4.52. The molecule has 0 bridgehead atoms. The molecule has 0 aromatic carbocycles. The normalized spacial score (nSPS) is 21.9. The molecule has 0 saturated carbocycles. The highest BCUT2D eigenvalue weighted by molar-refractivity contribution is 9.11. The number of hydrogen-bond donors (Lipinski definition) is 0. The Morgan fingerprint density at radius 1 is 1.43 bits per heavy atom. The van der Waals surface area contributed by atoms with E-state index in [1.165, 1.54) is 11.3 Å². The average Bonchev–Trinajstić information content (AvgIpc) is 3.09. The molecule has 1 atom stereocenters. The standard InChI is InChI=1S/C14H19BrN4O2S2/c1-9-12(15)22-13(17-9)23(20,21)19-7-11(14(2,3)8-19)10-5-16-18(4)6-10/h5-6,11H,7-8H2,1-4H3. The Bertz CT molecular complexity index is 821. The third kappa shape index (κ3) is 2.99. The first-order valence-electron chi connectivity index (χ1n) is 7.23. The van der Waals surface area contributed by atoms with Crippen LogP contribution in [0, 0.1) is 12.3 Å². The van der Waals surface area contributed by atoms with Crippen LogP contribution in [0.3, 0.4) is 0 Å². The minimum atomic E-state index is -3.56. The summed E-state index contributed by atoms with van der Waals surface area (Å²) in [6, 6.07) is 0. The maximum atomic E-state index is 12.9. The monoisotopic (exact) mass is 418 g/mol. The van der Waals surface area contributed by atoms with Crippen LogP contribution in [0.5, 0.6) is 0 Å². The molecule has 6 nitrogen and oxygen atoms in total. The number of sulfonamides is 1. The second kappa shape index (κ2) is 5.65. The van der Waals surface area contributed by atoms with E-state index in [2.05, 4.69) is 39.9 Å². The molecule has 1 aliphatic rings. The number of nitrogens with zero attached hydrogens (tertiary/aromatic N) is 4. The second-order valence-corrected chi connectivity index (χ2v) is 11.1. The molecule has 9 heteroatoms. The van der Waals surface area contributed by atoms with Gasteiger partial charge in [0.25, 0.3) is 10.0 Å². The quantitative estimate of drug-likeness (QED) is 0.768. The first-order chi connectivity index (χ1) is 10.6. The van der Waals surface area contributed by atoms with Gasteiger partial charge in [-0.3, -0.25) is 4.68 Å². The molecule has 3 heterocycles. The van der Waals surface area contributed by atoms with E-state index in [0.29, 0.717) is 18.8 Å². The van der Waals surface area contributed by atoms with Gasteiger partial charge in [0.2, 0.25) is 4.34 Å². The molecule has 0 N–H and O–H groups in total. The van der Waals surface area contributed by atoms with Crippen molar-refractivity contribution in [1.82, 2.24) is 19.1 Å². The molecule has 0 radical (unpaired) electrons. The number of halogens is 1. The molecule has 2 aromatic heterocycles. The molecule has 1 fully saturated rings. The summed E-state index contributed by atoms with van der Waals surface area (Å²) in [6.07, 6.45) is 3.79. The van der Waals surface area contributed by atoms with E-state index in [-0.39, 0.29) is 15.7 Å². The fourth-order valence-electron chi connectivity index (χ4n) is 3.01. The molecule has 126 valence electrons. The van der Waals surface area contributed by atoms with Gasteiger partial charge in [-0.25, -0.2) is 13.4 Å². The Balaban J connectivity index is 1.93. The Labute approximate surface area is 148 Å². The summed E-state index contributed by atoms with van der Waals surface area (Å²) in [6.45, 7) is 6.93. The van der Waals surface area contributed by atoms with Crippen LogP contribution in [-0.2, 0) is 17.1 Å². The van der Waals surface area contributed by atoms with E-state index in [0.717, 1.165) is 9.35 Å². The van der Waals surface area contributed by atoms with Crippen LogP contribution < -0.4 is 0 Å². The van der Waals surface area contributed by atoms with Gasteiger partial charge in [0.1, 0.15) is 0 Å². The van der Waals surface area contributed by atoms with Crippen molar-refractivity contribution in [2.45, 2.75) is 31.0 Å². The van der Waals surface area contributed by atoms with E-state index in [9.17, 15) is 8.42 Å². The third-order valence-electron chi connectivity index (χ3n) is 4.32. The molecular weight excluding hydrogens is 400 g/mol. The lowest BCUT2D eigenvalue weighted by atomic mass is 9.79. The van der Waals surface area contributed by atoms with Crippen molar-refractivity contribution in [2.75, 3.05) is 13.1 Å². The number of aryl methyl sites for hydroxylation is 2. The van der Waals surface area contributed by atoms with E-state index < -0.39 is 10.0 Å². The zero-order valence-corrected chi connectivity index (χ0v) is 16.7. The first-order valence-corrected chi connectivity index (χ1v) is 10.3. The summed E-state index contributed by atoms with van der Waals surface area (Å²) < 4.78 is 30.0. The van der Waals surface area contributed by atoms with Crippen molar-refractivity contribution in [1.29, 1.82) is 0 Å². The molecule has 1 unspecified atom stereocenters. The molecule has 0 spiro atoms. The Kier molecular flexibility index (Phi) is 4.19. The average molecular weight is 419 g/mol. The summed E-state index contributed by atoms with van der Waals surface area (Å²) in [7, 11) is -1.69. The van der Waals surface area contributed by atoms with Crippen molar-refractivity contribution < 1.29 is 8.42 Å². The van der Waals surface area contributed by atoms with Crippen molar-refractivity contribution in [3.8, 4) is 0 Å². The fourth-order valence-corrected chi connectivity index (χ4v) is 6.72. The summed E-state index contributed by atoms with van der Waals surface area (Å²) in [4.78, 5) is 4.20. The molecule has 1 saturated heterocycles. The van der Waals surface area contributed by atoms with E-state index in [1.54, 1.807) is 15.9 Å². The highest BCUT2D eigenvalue weighted by atomic mass is 79.9. The predicted octanol–water partition coefficient (Wildman–Crippen LogP) is 2.76.